The van der Waals surface area contributed by atoms with Crippen LogP contribution >= 0.6 is 0 Å². The van der Waals surface area contributed by atoms with Crippen molar-refractivity contribution in [3.63, 3.8) is 0 Å². The number of ether oxygens (including phenoxy) is 2. The van der Waals surface area contributed by atoms with Crippen molar-refractivity contribution in [2.24, 2.45) is 0 Å². The van der Waals surface area contributed by atoms with Crippen molar-refractivity contribution in [2.45, 2.75) is 31.8 Å². The number of benzene rings is 2. The third kappa shape index (κ3) is 4.23. The van der Waals surface area contributed by atoms with Crippen LogP contribution < -0.4 is 4.74 Å². The van der Waals surface area contributed by atoms with Crippen LogP contribution in [0.1, 0.15) is 35.6 Å². The Morgan fingerprint density at radius 1 is 0.960 bits per heavy atom. The number of morpholine rings is 1. The number of rotatable bonds is 6. The van der Waals surface area contributed by atoms with Gasteiger partial charge in [0.15, 0.2) is 0 Å². The molecule has 1 heterocycles. The molecule has 1 aliphatic carbocycles. The minimum atomic E-state index is 0.100. The summed E-state index contributed by atoms with van der Waals surface area (Å²) in [6, 6.07) is 17.3. The fraction of sp³-hybridized carbons (Fsp3) is 0.455. The average molecular weight is 337 g/mol. The lowest BCUT2D eigenvalue weighted by Crippen LogP contribution is -2.37. The fourth-order valence-electron chi connectivity index (χ4n) is 3.87. The molecule has 4 rings (SSSR count). The van der Waals surface area contributed by atoms with E-state index in [-0.39, 0.29) is 6.10 Å². The van der Waals surface area contributed by atoms with E-state index in [4.69, 9.17) is 9.47 Å². The molecular formula is C22H27NO2. The molecule has 2 aliphatic rings. The van der Waals surface area contributed by atoms with Crippen LogP contribution in [0.25, 0.3) is 0 Å². The van der Waals surface area contributed by atoms with Crippen LogP contribution in [0.2, 0.25) is 0 Å². The summed E-state index contributed by atoms with van der Waals surface area (Å²) in [5.41, 5.74) is 4.23. The minimum Gasteiger partial charge on any atom is -0.486 e. The van der Waals surface area contributed by atoms with Gasteiger partial charge in [-0.05, 0) is 48.1 Å². The molecule has 0 aromatic heterocycles. The lowest BCUT2D eigenvalue weighted by molar-refractivity contribution is 0.0317. The van der Waals surface area contributed by atoms with Gasteiger partial charge in [-0.2, -0.15) is 0 Å². The normalized spacial score (nSPS) is 18.7. The van der Waals surface area contributed by atoms with E-state index in [0.29, 0.717) is 0 Å². The molecule has 132 valence electrons. The van der Waals surface area contributed by atoms with E-state index in [1.54, 1.807) is 0 Å². The van der Waals surface area contributed by atoms with Crippen LogP contribution in [-0.4, -0.2) is 37.7 Å². The molecule has 1 unspecified atom stereocenters. The van der Waals surface area contributed by atoms with Crippen LogP contribution in [0.15, 0.2) is 48.5 Å². The largest absolute Gasteiger partial charge is 0.486 e. The van der Waals surface area contributed by atoms with E-state index in [9.17, 15) is 0 Å². The van der Waals surface area contributed by atoms with Crippen LogP contribution in [0.4, 0.5) is 0 Å². The van der Waals surface area contributed by atoms with Crippen molar-refractivity contribution in [3.05, 3.63) is 65.2 Å². The van der Waals surface area contributed by atoms with Gasteiger partial charge in [0.25, 0.3) is 0 Å². The first-order valence-electron chi connectivity index (χ1n) is 9.52. The summed E-state index contributed by atoms with van der Waals surface area (Å²) in [6.07, 6.45) is 4.79. The maximum Gasteiger partial charge on any atom is 0.125 e. The maximum absolute atomic E-state index is 6.46. The molecule has 0 spiro atoms. The molecule has 1 atom stereocenters. The van der Waals surface area contributed by atoms with E-state index in [1.165, 1.54) is 36.0 Å². The van der Waals surface area contributed by atoms with Gasteiger partial charge in [-0.25, -0.2) is 0 Å². The van der Waals surface area contributed by atoms with Gasteiger partial charge in [-0.3, -0.25) is 4.90 Å². The van der Waals surface area contributed by atoms with Gasteiger partial charge in [-0.1, -0.05) is 36.4 Å². The van der Waals surface area contributed by atoms with E-state index in [1.807, 2.05) is 0 Å². The zero-order valence-corrected chi connectivity index (χ0v) is 14.8. The third-order valence-corrected chi connectivity index (χ3v) is 5.33. The molecule has 2 aromatic carbocycles. The van der Waals surface area contributed by atoms with Gasteiger partial charge < -0.3 is 9.47 Å². The number of fused-ring (bicyclic) bond motifs is 1. The van der Waals surface area contributed by atoms with Gasteiger partial charge in [-0.15, -0.1) is 0 Å². The van der Waals surface area contributed by atoms with Crippen molar-refractivity contribution in [1.29, 1.82) is 0 Å². The van der Waals surface area contributed by atoms with Crippen LogP contribution in [0.5, 0.6) is 5.75 Å². The number of hydrogen-bond donors (Lipinski definition) is 0. The Hall–Kier alpha value is -1.84. The quantitative estimate of drug-likeness (QED) is 0.795. The summed E-state index contributed by atoms with van der Waals surface area (Å²) in [4.78, 5) is 2.48. The predicted octanol–water partition coefficient (Wildman–Crippen LogP) is 4.02. The van der Waals surface area contributed by atoms with Gasteiger partial charge >= 0.3 is 0 Å². The Morgan fingerprint density at radius 3 is 2.60 bits per heavy atom. The van der Waals surface area contributed by atoms with E-state index < -0.39 is 0 Å². The molecule has 2 aromatic rings. The van der Waals surface area contributed by atoms with Gasteiger partial charge in [0, 0.05) is 26.1 Å². The fourth-order valence-corrected chi connectivity index (χ4v) is 3.87. The zero-order chi connectivity index (χ0) is 16.9. The molecule has 0 saturated carbocycles. The molecule has 0 N–H and O–H groups in total. The summed E-state index contributed by atoms with van der Waals surface area (Å²) >= 11 is 0. The topological polar surface area (TPSA) is 21.7 Å². The summed E-state index contributed by atoms with van der Waals surface area (Å²) in [7, 11) is 0. The number of nitrogens with zero attached hydrogens (tertiary/aromatic N) is 1. The lowest BCUT2D eigenvalue weighted by atomic mass is 10.1. The van der Waals surface area contributed by atoms with Crippen molar-refractivity contribution >= 4 is 0 Å². The number of aryl methyl sites for hydroxylation is 2. The zero-order valence-electron chi connectivity index (χ0n) is 14.8. The van der Waals surface area contributed by atoms with Crippen molar-refractivity contribution in [1.82, 2.24) is 4.90 Å². The molecule has 1 saturated heterocycles. The highest BCUT2D eigenvalue weighted by Crippen LogP contribution is 2.30. The molecule has 0 bridgehead atoms. The van der Waals surface area contributed by atoms with Gasteiger partial charge in [0.2, 0.25) is 0 Å². The second kappa shape index (κ2) is 8.03. The second-order valence-electron chi connectivity index (χ2n) is 7.04. The summed E-state index contributed by atoms with van der Waals surface area (Å²) in [5.74, 6) is 1.01. The number of hydrogen-bond acceptors (Lipinski definition) is 3. The first-order chi connectivity index (χ1) is 12.4. The highest BCUT2D eigenvalue weighted by molar-refractivity contribution is 5.38. The summed E-state index contributed by atoms with van der Waals surface area (Å²) < 4.78 is 11.9. The van der Waals surface area contributed by atoms with Crippen LogP contribution in [-0.2, 0) is 17.6 Å². The second-order valence-corrected chi connectivity index (χ2v) is 7.04. The summed E-state index contributed by atoms with van der Waals surface area (Å²) in [6.45, 7) is 4.80. The first kappa shape index (κ1) is 16.6. The summed E-state index contributed by atoms with van der Waals surface area (Å²) in [5, 5.41) is 0. The maximum atomic E-state index is 6.46. The minimum absolute atomic E-state index is 0.100. The Balaban J connectivity index is 1.47. The Labute approximate surface area is 150 Å². The highest BCUT2D eigenvalue weighted by atomic mass is 16.5. The van der Waals surface area contributed by atoms with Gasteiger partial charge in [0.05, 0.1) is 13.2 Å². The molecule has 0 amide bonds. The van der Waals surface area contributed by atoms with E-state index >= 15 is 0 Å². The molecule has 3 nitrogen and oxygen atoms in total. The molecule has 1 fully saturated rings. The Bertz CT molecular complexity index is 680. The Kier molecular flexibility index (Phi) is 5.34. The standard InChI is InChI=1S/C22H27NO2/c1-2-5-19(6-3-1)22(11-12-23-13-15-24-16-14-23)25-21-10-9-18-7-4-8-20(18)17-21/h1-3,5-6,9-10,17,22H,4,7-8,11-16H2. The molecular weight excluding hydrogens is 310 g/mol. The molecule has 1 aliphatic heterocycles. The SMILES string of the molecule is c1ccc(C(CCN2CCOCC2)Oc2ccc3c(c2)CCC3)cc1. The molecule has 0 radical (unpaired) electrons. The van der Waals surface area contributed by atoms with Crippen molar-refractivity contribution in [3.8, 4) is 5.75 Å². The average Bonchev–Trinajstić information content (AvgIpc) is 3.14. The first-order valence-corrected chi connectivity index (χ1v) is 9.52. The smallest absolute Gasteiger partial charge is 0.125 e. The van der Waals surface area contributed by atoms with Crippen molar-refractivity contribution < 1.29 is 9.47 Å². The third-order valence-electron chi connectivity index (χ3n) is 5.33. The Morgan fingerprint density at radius 2 is 1.76 bits per heavy atom. The lowest BCUT2D eigenvalue weighted by Gasteiger charge is -2.28. The van der Waals surface area contributed by atoms with Crippen LogP contribution in [0.3, 0.4) is 0 Å². The van der Waals surface area contributed by atoms with E-state index in [0.717, 1.165) is 45.0 Å². The van der Waals surface area contributed by atoms with Gasteiger partial charge in [0.1, 0.15) is 11.9 Å². The van der Waals surface area contributed by atoms with Crippen LogP contribution in [0, 0.1) is 0 Å². The monoisotopic (exact) mass is 337 g/mol. The van der Waals surface area contributed by atoms with Crippen molar-refractivity contribution in [2.75, 3.05) is 32.8 Å². The molecule has 25 heavy (non-hydrogen) atoms. The highest BCUT2D eigenvalue weighted by Gasteiger charge is 2.18. The molecule has 3 heteroatoms. The van der Waals surface area contributed by atoms with E-state index in [2.05, 4.69) is 53.4 Å². The predicted molar refractivity (Wildman–Crippen MR) is 100 cm³/mol.